The minimum atomic E-state index is -2.15. The Labute approximate surface area is 276 Å². The molecular formula is C35H44N5O6P. The molecule has 0 amide bonds. The normalized spacial score (nSPS) is 20.7. The van der Waals surface area contributed by atoms with Crippen LogP contribution in [-0.2, 0) is 14.8 Å². The number of H-pyrrole nitrogens is 1. The summed E-state index contributed by atoms with van der Waals surface area (Å²) in [6.07, 6.45) is -0.683. The van der Waals surface area contributed by atoms with Crippen LogP contribution in [0.2, 0.25) is 0 Å². The van der Waals surface area contributed by atoms with E-state index in [-0.39, 0.29) is 25.1 Å². The van der Waals surface area contributed by atoms with Crippen molar-refractivity contribution in [3.05, 3.63) is 140 Å². The van der Waals surface area contributed by atoms with Gasteiger partial charge in [-0.3, -0.25) is 19.7 Å². The second-order valence-electron chi connectivity index (χ2n) is 12.4. The van der Waals surface area contributed by atoms with Crippen molar-refractivity contribution in [3.63, 3.8) is 0 Å². The van der Waals surface area contributed by atoms with Crippen molar-refractivity contribution in [3.8, 4) is 0 Å². The smallest absolute Gasteiger partial charge is 0.330 e. The van der Waals surface area contributed by atoms with Crippen LogP contribution in [0, 0.1) is 6.92 Å². The van der Waals surface area contributed by atoms with Crippen LogP contribution in [-0.4, -0.2) is 55.1 Å². The van der Waals surface area contributed by atoms with E-state index in [1.165, 1.54) is 10.8 Å². The third-order valence-electron chi connectivity index (χ3n) is 8.48. The third kappa shape index (κ3) is 7.48. The van der Waals surface area contributed by atoms with Gasteiger partial charge in [0.15, 0.2) is 0 Å². The van der Waals surface area contributed by atoms with E-state index in [0.29, 0.717) is 5.56 Å². The highest BCUT2D eigenvalue weighted by Crippen LogP contribution is 2.44. The van der Waals surface area contributed by atoms with Gasteiger partial charge in [-0.05, 0) is 51.3 Å². The van der Waals surface area contributed by atoms with Crippen molar-refractivity contribution in [2.24, 2.45) is 0 Å². The average Bonchev–Trinajstić information content (AvgIpc) is 3.39. The van der Waals surface area contributed by atoms with Crippen LogP contribution < -0.4 is 21.8 Å². The molecule has 12 heteroatoms. The lowest BCUT2D eigenvalue weighted by atomic mass is 9.75. The molecule has 250 valence electrons. The molecule has 2 heterocycles. The number of aliphatic hydroxyl groups is 1. The summed E-state index contributed by atoms with van der Waals surface area (Å²) in [6.45, 7) is 9.39. The van der Waals surface area contributed by atoms with Crippen molar-refractivity contribution < 1.29 is 19.3 Å². The number of nitrogens with zero attached hydrogens (tertiary/aromatic N) is 2. The Balaban J connectivity index is 1.60. The molecule has 1 unspecified atom stereocenters. The van der Waals surface area contributed by atoms with Gasteiger partial charge in [0, 0.05) is 30.3 Å². The van der Waals surface area contributed by atoms with Crippen LogP contribution >= 0.6 is 8.53 Å². The maximum atomic E-state index is 13.0. The minimum Gasteiger partial charge on any atom is -0.373 e. The zero-order chi connectivity index (χ0) is 33.8. The van der Waals surface area contributed by atoms with Gasteiger partial charge < -0.3 is 19.3 Å². The van der Waals surface area contributed by atoms with Gasteiger partial charge in [-0.25, -0.2) is 9.80 Å². The second-order valence-corrected chi connectivity index (χ2v) is 13.4. The van der Waals surface area contributed by atoms with E-state index in [1.807, 2.05) is 124 Å². The Morgan fingerprint density at radius 2 is 1.45 bits per heavy atom. The zero-order valence-electron chi connectivity index (χ0n) is 27.3. The fourth-order valence-electron chi connectivity index (χ4n) is 6.22. The van der Waals surface area contributed by atoms with Crippen LogP contribution in [0.3, 0.4) is 0 Å². The molecule has 4 aromatic rings. The fraction of sp³-hybridized carbons (Fsp3) is 0.371. The number of rotatable bonds is 13. The lowest BCUT2D eigenvalue weighted by Crippen LogP contribution is -2.62. The first-order valence-electron chi connectivity index (χ1n) is 15.8. The van der Waals surface area contributed by atoms with Gasteiger partial charge in [0.2, 0.25) is 0 Å². The summed E-state index contributed by atoms with van der Waals surface area (Å²) in [4.78, 5) is 38.5. The molecule has 0 bridgehead atoms. The van der Waals surface area contributed by atoms with Crippen molar-refractivity contribution in [2.45, 2.75) is 76.7 Å². The number of hydrogen-bond donors (Lipinski definition) is 5. The minimum absolute atomic E-state index is 0.0818. The molecule has 0 aliphatic carbocycles. The molecule has 47 heavy (non-hydrogen) atoms. The molecule has 4 atom stereocenters. The maximum absolute atomic E-state index is 13.0. The van der Waals surface area contributed by atoms with Crippen molar-refractivity contribution in [2.75, 3.05) is 6.61 Å². The standard InChI is InChI=1S/C35H44N5O6P/c1-24(2)40(25(3)4)38-47(44)45-23-30-34(43,21-31(46-30)39-22-26(5)32(41)36-33(39)42)37-35(27-15-9-6-10-16-27,28-17-11-7-12-18-28)29-19-13-8-14-20-29/h6-20,22,24-25,30-31,37-38,43-44H,21,23H2,1-5H3,(H,36,41,42)/t30-,31-,34+,47?/m1/s1. The lowest BCUT2D eigenvalue weighted by Gasteiger charge is -2.44. The van der Waals surface area contributed by atoms with Gasteiger partial charge in [-0.2, -0.15) is 5.20 Å². The molecule has 1 saturated heterocycles. The average molecular weight is 662 g/mol. The number of hydrazine groups is 1. The Morgan fingerprint density at radius 1 is 0.957 bits per heavy atom. The second kappa shape index (κ2) is 14.7. The highest BCUT2D eigenvalue weighted by molar-refractivity contribution is 7.43. The summed E-state index contributed by atoms with van der Waals surface area (Å²) in [6, 6.07) is 29.6. The highest BCUT2D eigenvalue weighted by Gasteiger charge is 2.54. The number of ether oxygens (including phenoxy) is 1. The van der Waals surface area contributed by atoms with Crippen molar-refractivity contribution >= 4 is 8.53 Å². The Bertz CT molecular complexity index is 1610. The molecule has 1 aliphatic rings. The molecule has 0 radical (unpaired) electrons. The Hall–Kier alpha value is -3.51. The SMILES string of the molecule is Cc1cn([C@H]2C[C@@](O)(NC(c3ccccc3)(c3ccccc3)c3ccccc3)[C@@H](COP(O)NN(C(C)C)C(C)C)O2)c(=O)[nH]c1=O. The third-order valence-corrected chi connectivity index (χ3v) is 9.28. The van der Waals surface area contributed by atoms with Gasteiger partial charge in [0.25, 0.3) is 14.1 Å². The summed E-state index contributed by atoms with van der Waals surface area (Å²) in [5.41, 5.74) is -1.15. The number of aryl methyl sites for hydroxylation is 1. The van der Waals surface area contributed by atoms with Crippen molar-refractivity contribution in [1.82, 2.24) is 25.1 Å². The van der Waals surface area contributed by atoms with Crippen LogP contribution in [0.1, 0.15) is 62.6 Å². The quantitative estimate of drug-likeness (QED) is 0.0615. The van der Waals surface area contributed by atoms with Crippen LogP contribution in [0.4, 0.5) is 0 Å². The predicted octanol–water partition coefficient (Wildman–Crippen LogP) is 4.26. The first kappa shape index (κ1) is 34.8. The van der Waals surface area contributed by atoms with E-state index in [9.17, 15) is 19.6 Å². The van der Waals surface area contributed by atoms with E-state index < -0.39 is 43.4 Å². The lowest BCUT2D eigenvalue weighted by molar-refractivity contribution is -0.101. The van der Waals surface area contributed by atoms with Gasteiger partial charge in [-0.1, -0.05) is 91.0 Å². The number of nitrogens with one attached hydrogen (secondary N) is 3. The molecule has 3 aromatic carbocycles. The maximum Gasteiger partial charge on any atom is 0.330 e. The molecule has 0 spiro atoms. The molecule has 0 saturated carbocycles. The van der Waals surface area contributed by atoms with Crippen LogP contribution in [0.5, 0.6) is 0 Å². The zero-order valence-corrected chi connectivity index (χ0v) is 28.2. The van der Waals surface area contributed by atoms with E-state index in [1.54, 1.807) is 6.92 Å². The van der Waals surface area contributed by atoms with E-state index >= 15 is 0 Å². The predicted molar refractivity (Wildman–Crippen MR) is 182 cm³/mol. The monoisotopic (exact) mass is 661 g/mol. The van der Waals surface area contributed by atoms with E-state index in [4.69, 9.17) is 9.26 Å². The largest absolute Gasteiger partial charge is 0.373 e. The van der Waals surface area contributed by atoms with Gasteiger partial charge >= 0.3 is 5.69 Å². The summed E-state index contributed by atoms with van der Waals surface area (Å²) in [5, 5.41) is 21.3. The molecule has 5 N–H and O–H groups in total. The van der Waals surface area contributed by atoms with E-state index in [0.717, 1.165) is 16.7 Å². The Morgan fingerprint density at radius 3 is 1.91 bits per heavy atom. The topological polar surface area (TPSA) is 141 Å². The first-order valence-corrected chi connectivity index (χ1v) is 17.0. The molecule has 1 aromatic heterocycles. The number of hydrogen-bond acceptors (Lipinski definition) is 9. The number of aromatic amines is 1. The van der Waals surface area contributed by atoms with Crippen LogP contribution in [0.15, 0.2) is 107 Å². The summed E-state index contributed by atoms with van der Waals surface area (Å²) in [7, 11) is -2.15. The molecule has 1 fully saturated rings. The summed E-state index contributed by atoms with van der Waals surface area (Å²) in [5.74, 6) is 0. The highest BCUT2D eigenvalue weighted by atomic mass is 31.2. The summed E-state index contributed by atoms with van der Waals surface area (Å²) >= 11 is 0. The van der Waals surface area contributed by atoms with Gasteiger partial charge in [-0.15, -0.1) is 0 Å². The van der Waals surface area contributed by atoms with E-state index in [2.05, 4.69) is 15.5 Å². The van der Waals surface area contributed by atoms with Crippen LogP contribution in [0.25, 0.3) is 0 Å². The molecule has 1 aliphatic heterocycles. The van der Waals surface area contributed by atoms with Crippen molar-refractivity contribution in [1.29, 1.82) is 0 Å². The molecule has 11 nitrogen and oxygen atoms in total. The summed E-state index contributed by atoms with van der Waals surface area (Å²) < 4.78 is 13.6. The molecular weight excluding hydrogens is 617 g/mol. The number of aromatic nitrogens is 2. The fourth-order valence-corrected chi connectivity index (χ4v) is 7.21. The van der Waals surface area contributed by atoms with Gasteiger partial charge in [0.1, 0.15) is 18.1 Å². The van der Waals surface area contributed by atoms with Gasteiger partial charge in [0.05, 0.1) is 12.1 Å². The number of benzene rings is 3. The Kier molecular flexibility index (Phi) is 10.9. The first-order chi connectivity index (χ1) is 22.4. The molecule has 5 rings (SSSR count).